The van der Waals surface area contributed by atoms with E-state index < -0.39 is 38.9 Å². The van der Waals surface area contributed by atoms with Gasteiger partial charge in [0.15, 0.2) is 6.61 Å². The molecule has 3 rings (SSSR count). The van der Waals surface area contributed by atoms with Crippen LogP contribution in [0.5, 0.6) is 0 Å². The van der Waals surface area contributed by atoms with Crippen molar-refractivity contribution in [3.8, 4) is 0 Å². The van der Waals surface area contributed by atoms with Crippen molar-refractivity contribution in [2.75, 3.05) is 13.2 Å². The van der Waals surface area contributed by atoms with Gasteiger partial charge in [-0.3, -0.25) is 4.79 Å². The zero-order valence-electron chi connectivity index (χ0n) is 14.9. The van der Waals surface area contributed by atoms with E-state index in [9.17, 15) is 22.4 Å². The number of rotatable bonds is 4. The topological polar surface area (TPSA) is 107 Å². The third-order valence-electron chi connectivity index (χ3n) is 5.38. The van der Waals surface area contributed by atoms with Crippen LogP contribution in [0.3, 0.4) is 0 Å². The van der Waals surface area contributed by atoms with Gasteiger partial charge in [0.05, 0.1) is 10.5 Å². The molecule has 1 amide bonds. The molecule has 0 unspecified atom stereocenters. The number of piperidine rings is 1. The van der Waals surface area contributed by atoms with E-state index in [-0.39, 0.29) is 11.9 Å². The number of sulfonamides is 1. The van der Waals surface area contributed by atoms with E-state index in [2.05, 4.69) is 0 Å². The minimum atomic E-state index is -4.09. The molecular formula is C18H23FN2O5S. The fourth-order valence-corrected chi connectivity index (χ4v) is 4.60. The lowest BCUT2D eigenvalue weighted by atomic mass is 9.78. The number of hydrogen-bond donors (Lipinski definition) is 1. The highest BCUT2D eigenvalue weighted by Gasteiger charge is 2.35. The van der Waals surface area contributed by atoms with Gasteiger partial charge in [0.1, 0.15) is 5.82 Å². The van der Waals surface area contributed by atoms with Crippen molar-refractivity contribution in [3.63, 3.8) is 0 Å². The summed E-state index contributed by atoms with van der Waals surface area (Å²) in [7, 11) is -4.09. The van der Waals surface area contributed by atoms with E-state index in [1.807, 2.05) is 0 Å². The highest BCUT2D eigenvalue weighted by Crippen LogP contribution is 2.35. The van der Waals surface area contributed by atoms with E-state index in [0.29, 0.717) is 12.5 Å². The number of ether oxygens (including phenoxy) is 1. The second kappa shape index (κ2) is 7.93. The minimum Gasteiger partial charge on any atom is -0.452 e. The molecule has 1 heterocycles. The number of hydrogen-bond acceptors (Lipinski definition) is 5. The van der Waals surface area contributed by atoms with Crippen LogP contribution in [0.4, 0.5) is 4.39 Å². The lowest BCUT2D eigenvalue weighted by molar-refractivity contribution is -0.140. The molecule has 1 aliphatic heterocycles. The normalized spacial score (nSPS) is 22.8. The van der Waals surface area contributed by atoms with Gasteiger partial charge in [0.2, 0.25) is 10.0 Å². The number of esters is 1. The smallest absolute Gasteiger partial charge is 0.341 e. The molecule has 0 spiro atoms. The number of amides is 1. The van der Waals surface area contributed by atoms with E-state index in [1.165, 1.54) is 6.42 Å². The first-order chi connectivity index (χ1) is 12.8. The highest BCUT2D eigenvalue weighted by atomic mass is 32.2. The number of benzene rings is 1. The first-order valence-corrected chi connectivity index (χ1v) is 10.6. The summed E-state index contributed by atoms with van der Waals surface area (Å²) in [6.07, 6.45) is 6.36. The number of halogens is 1. The Morgan fingerprint density at radius 2 is 1.89 bits per heavy atom. The van der Waals surface area contributed by atoms with Gasteiger partial charge in [-0.1, -0.05) is 12.8 Å². The van der Waals surface area contributed by atoms with Crippen LogP contribution in [0.25, 0.3) is 0 Å². The monoisotopic (exact) mass is 398 g/mol. The summed E-state index contributed by atoms with van der Waals surface area (Å²) in [5.41, 5.74) is -0.566. The van der Waals surface area contributed by atoms with Gasteiger partial charge in [-0.25, -0.2) is 22.7 Å². The number of primary sulfonamides is 1. The molecule has 0 aromatic heterocycles. The highest BCUT2D eigenvalue weighted by molar-refractivity contribution is 7.89. The maximum atomic E-state index is 13.9. The molecule has 0 bridgehead atoms. The molecule has 2 atom stereocenters. The fraction of sp³-hybridized carbons (Fsp3) is 0.556. The lowest BCUT2D eigenvalue weighted by Gasteiger charge is -2.44. The standard InChI is InChI=1S/C18H23FN2O5S/c19-15-8-7-13(27(20,24)25)10-14(15)18(23)26-11-17(22)21-9-3-5-12-4-1-2-6-16(12)21/h7-8,10,12,16H,1-6,9,11H2,(H2,20,24,25)/t12-,16+/m1/s1. The summed E-state index contributed by atoms with van der Waals surface area (Å²) < 4.78 is 41.6. The second-order valence-corrected chi connectivity index (χ2v) is 8.67. The SMILES string of the molecule is NS(=O)(=O)c1ccc(F)c(C(=O)OCC(=O)N2CCC[C@H]3CCCC[C@@H]32)c1. The molecule has 2 fully saturated rings. The predicted octanol–water partition coefficient (Wildman–Crippen LogP) is 1.81. The molecule has 1 aromatic rings. The lowest BCUT2D eigenvalue weighted by Crippen LogP contribution is -2.50. The molecule has 1 aromatic carbocycles. The molecule has 7 nitrogen and oxygen atoms in total. The number of carbonyl (C=O) groups is 2. The van der Waals surface area contributed by atoms with Gasteiger partial charge in [-0.05, 0) is 49.8 Å². The Hall–Kier alpha value is -2.00. The molecular weight excluding hydrogens is 375 g/mol. The first kappa shape index (κ1) is 19.8. The van der Waals surface area contributed by atoms with Crippen LogP contribution in [0, 0.1) is 11.7 Å². The Balaban J connectivity index is 1.66. The Labute approximate surface area is 157 Å². The largest absolute Gasteiger partial charge is 0.452 e. The van der Waals surface area contributed by atoms with Gasteiger partial charge in [0, 0.05) is 12.6 Å². The number of likely N-dealkylation sites (tertiary alicyclic amines) is 1. The second-order valence-electron chi connectivity index (χ2n) is 7.10. The predicted molar refractivity (Wildman–Crippen MR) is 94.7 cm³/mol. The average Bonchev–Trinajstić information content (AvgIpc) is 2.64. The number of carbonyl (C=O) groups excluding carboxylic acids is 2. The summed E-state index contributed by atoms with van der Waals surface area (Å²) in [5.74, 6) is -1.84. The van der Waals surface area contributed by atoms with Gasteiger partial charge in [0.25, 0.3) is 5.91 Å². The number of fused-ring (bicyclic) bond motifs is 1. The zero-order valence-corrected chi connectivity index (χ0v) is 15.7. The Morgan fingerprint density at radius 1 is 1.19 bits per heavy atom. The van der Waals surface area contributed by atoms with Crippen LogP contribution >= 0.6 is 0 Å². The number of nitrogens with zero attached hydrogens (tertiary/aromatic N) is 1. The van der Waals surface area contributed by atoms with Crippen LogP contribution in [-0.2, 0) is 19.6 Å². The summed E-state index contributed by atoms with van der Waals surface area (Å²) in [6.45, 7) is 0.133. The number of nitrogens with two attached hydrogens (primary N) is 1. The van der Waals surface area contributed by atoms with Crippen molar-refractivity contribution in [1.29, 1.82) is 0 Å². The van der Waals surface area contributed by atoms with Crippen molar-refractivity contribution in [2.24, 2.45) is 11.1 Å². The molecule has 148 valence electrons. The van der Waals surface area contributed by atoms with E-state index in [0.717, 1.165) is 50.3 Å². The van der Waals surface area contributed by atoms with Gasteiger partial charge in [-0.2, -0.15) is 0 Å². The van der Waals surface area contributed by atoms with Gasteiger partial charge < -0.3 is 9.64 Å². The van der Waals surface area contributed by atoms with Gasteiger partial charge in [-0.15, -0.1) is 0 Å². The van der Waals surface area contributed by atoms with Crippen molar-refractivity contribution >= 4 is 21.9 Å². The van der Waals surface area contributed by atoms with E-state index in [4.69, 9.17) is 9.88 Å². The Morgan fingerprint density at radius 3 is 2.63 bits per heavy atom. The first-order valence-electron chi connectivity index (χ1n) is 9.06. The molecule has 1 aliphatic carbocycles. The molecule has 27 heavy (non-hydrogen) atoms. The van der Waals surface area contributed by atoms with Crippen molar-refractivity contribution in [3.05, 3.63) is 29.6 Å². The van der Waals surface area contributed by atoms with Gasteiger partial charge >= 0.3 is 5.97 Å². The molecule has 1 saturated carbocycles. The minimum absolute atomic E-state index is 0.182. The van der Waals surface area contributed by atoms with Crippen LogP contribution in [-0.4, -0.2) is 44.4 Å². The fourth-order valence-electron chi connectivity index (χ4n) is 4.06. The summed E-state index contributed by atoms with van der Waals surface area (Å²) in [4.78, 5) is 26.1. The maximum absolute atomic E-state index is 13.9. The molecule has 2 aliphatic rings. The maximum Gasteiger partial charge on any atom is 0.341 e. The quantitative estimate of drug-likeness (QED) is 0.779. The zero-order chi connectivity index (χ0) is 19.6. The molecule has 0 radical (unpaired) electrons. The molecule has 2 N–H and O–H groups in total. The summed E-state index contributed by atoms with van der Waals surface area (Å²) in [6, 6.07) is 2.79. The summed E-state index contributed by atoms with van der Waals surface area (Å²) in [5, 5.41) is 4.99. The average molecular weight is 398 g/mol. The van der Waals surface area contributed by atoms with Crippen molar-refractivity contribution < 1.29 is 27.1 Å². The Kier molecular flexibility index (Phi) is 5.81. The molecule has 1 saturated heterocycles. The Bertz CT molecular complexity index is 840. The van der Waals surface area contributed by atoms with Crippen molar-refractivity contribution in [1.82, 2.24) is 4.90 Å². The van der Waals surface area contributed by atoms with Crippen LogP contribution in [0.1, 0.15) is 48.9 Å². The van der Waals surface area contributed by atoms with Crippen LogP contribution < -0.4 is 5.14 Å². The third kappa shape index (κ3) is 4.47. The van der Waals surface area contributed by atoms with Crippen LogP contribution in [0.2, 0.25) is 0 Å². The van der Waals surface area contributed by atoms with E-state index in [1.54, 1.807) is 4.90 Å². The third-order valence-corrected chi connectivity index (χ3v) is 6.29. The van der Waals surface area contributed by atoms with Crippen molar-refractivity contribution in [2.45, 2.75) is 49.5 Å². The van der Waals surface area contributed by atoms with E-state index >= 15 is 0 Å². The van der Waals surface area contributed by atoms with Crippen LogP contribution in [0.15, 0.2) is 23.1 Å². The summed E-state index contributed by atoms with van der Waals surface area (Å²) >= 11 is 0. The molecule has 9 heteroatoms.